The first kappa shape index (κ1) is 42.5. The number of anilines is 5. The fraction of sp³-hybridized carbons (Fsp3) is 0.286. The number of nitrogens with two attached hydrogens (primary N) is 1. The second-order valence-corrected chi connectivity index (χ2v) is 15.0. The summed E-state index contributed by atoms with van der Waals surface area (Å²) in [7, 11) is -15.4. The van der Waals surface area contributed by atoms with Gasteiger partial charge in [0, 0.05) is 24.2 Å². The molecule has 4 rings (SSSR count). The Morgan fingerprint density at radius 1 is 0.691 bits per heavy atom. The van der Waals surface area contributed by atoms with Crippen molar-refractivity contribution in [3.05, 3.63) is 42.5 Å². The predicted molar refractivity (Wildman–Crippen MR) is 193 cm³/mol. The molecule has 0 saturated carbocycles. The molecular formula is C28H34N10O14S3. The van der Waals surface area contributed by atoms with Gasteiger partial charge in [0.25, 0.3) is 30.4 Å². The molecule has 11 N–H and O–H groups in total. The van der Waals surface area contributed by atoms with Gasteiger partial charge in [-0.25, -0.2) is 4.79 Å². The Morgan fingerprint density at radius 2 is 1.25 bits per heavy atom. The highest BCUT2D eigenvalue weighted by Crippen LogP contribution is 2.37. The summed E-state index contributed by atoms with van der Waals surface area (Å²) in [5.74, 6) is 0.218. The van der Waals surface area contributed by atoms with Crippen molar-refractivity contribution in [2.75, 3.05) is 74.0 Å². The zero-order chi connectivity index (χ0) is 40.4. The van der Waals surface area contributed by atoms with Gasteiger partial charge in [-0.1, -0.05) is 0 Å². The maximum Gasteiger partial charge on any atom is 0.316 e. The molecule has 298 valence electrons. The number of carbonyl (C=O) groups excluding carboxylic acids is 1. The lowest BCUT2D eigenvalue weighted by Crippen LogP contribution is -2.19. The van der Waals surface area contributed by atoms with Crippen LogP contribution < -0.4 is 27.0 Å². The van der Waals surface area contributed by atoms with Crippen LogP contribution in [0, 0.1) is 0 Å². The SMILES string of the molecule is NC(=O)Nc1cc(Nc2nc(NCCOCCO)nc(NCCOCCO)n2)ccc1N=Nc1cc2c(S(=O)(=O)O)cc(S(=O)(=O)O)cc2cc1S(=O)(=O)O. The zero-order valence-electron chi connectivity index (χ0n) is 28.1. The molecule has 0 atom stereocenters. The van der Waals surface area contributed by atoms with E-state index >= 15 is 0 Å². The molecule has 0 saturated heterocycles. The molecule has 0 bridgehead atoms. The normalized spacial score (nSPS) is 12.2. The van der Waals surface area contributed by atoms with Gasteiger partial charge in [-0.05, 0) is 47.9 Å². The van der Waals surface area contributed by atoms with Gasteiger partial charge in [-0.3, -0.25) is 13.7 Å². The van der Waals surface area contributed by atoms with Gasteiger partial charge in [0.15, 0.2) is 0 Å². The topological polar surface area (TPSA) is 377 Å². The summed E-state index contributed by atoms with van der Waals surface area (Å²) in [5, 5.41) is 35.7. The first-order valence-corrected chi connectivity index (χ1v) is 19.8. The van der Waals surface area contributed by atoms with E-state index < -0.39 is 67.5 Å². The largest absolute Gasteiger partial charge is 0.394 e. The van der Waals surface area contributed by atoms with Crippen molar-refractivity contribution in [2.24, 2.45) is 16.0 Å². The van der Waals surface area contributed by atoms with Crippen molar-refractivity contribution in [1.29, 1.82) is 0 Å². The third kappa shape index (κ3) is 12.4. The smallest absolute Gasteiger partial charge is 0.316 e. The average molecular weight is 831 g/mol. The Kier molecular flexibility index (Phi) is 14.2. The van der Waals surface area contributed by atoms with Crippen molar-refractivity contribution < 1.29 is 63.4 Å². The lowest BCUT2D eigenvalue weighted by Gasteiger charge is -2.13. The molecule has 0 fully saturated rings. The van der Waals surface area contributed by atoms with Gasteiger partial charge in [-0.15, -0.1) is 10.2 Å². The number of ether oxygens (including phenoxy) is 2. The summed E-state index contributed by atoms with van der Waals surface area (Å²) in [6, 6.07) is 5.47. The molecule has 0 aliphatic carbocycles. The van der Waals surface area contributed by atoms with E-state index in [2.05, 4.69) is 46.4 Å². The summed E-state index contributed by atoms with van der Waals surface area (Å²) < 4.78 is 112. The third-order valence-electron chi connectivity index (χ3n) is 6.76. The van der Waals surface area contributed by atoms with Crippen LogP contribution in [0.3, 0.4) is 0 Å². The minimum Gasteiger partial charge on any atom is -0.394 e. The van der Waals surface area contributed by atoms with Crippen LogP contribution in [0.5, 0.6) is 0 Å². The molecule has 55 heavy (non-hydrogen) atoms. The van der Waals surface area contributed by atoms with Crippen molar-refractivity contribution in [2.45, 2.75) is 14.7 Å². The van der Waals surface area contributed by atoms with E-state index in [1.165, 1.54) is 18.2 Å². The molecule has 1 aromatic heterocycles. The third-order valence-corrected chi connectivity index (χ3v) is 9.37. The van der Waals surface area contributed by atoms with Gasteiger partial charge >= 0.3 is 6.03 Å². The second kappa shape index (κ2) is 18.4. The molecule has 3 aromatic carbocycles. The number of hydrogen-bond acceptors (Lipinski definition) is 19. The van der Waals surface area contributed by atoms with Crippen molar-refractivity contribution in [3.63, 3.8) is 0 Å². The lowest BCUT2D eigenvalue weighted by atomic mass is 10.1. The average Bonchev–Trinajstić information content (AvgIpc) is 3.08. The number of aliphatic hydroxyl groups excluding tert-OH is 2. The van der Waals surface area contributed by atoms with Crippen LogP contribution in [-0.4, -0.2) is 123 Å². The first-order valence-electron chi connectivity index (χ1n) is 15.4. The number of aromatic nitrogens is 3. The summed E-state index contributed by atoms with van der Waals surface area (Å²) >= 11 is 0. The molecule has 0 aliphatic rings. The fourth-order valence-electron chi connectivity index (χ4n) is 4.53. The number of primary amides is 1. The van der Waals surface area contributed by atoms with Crippen LogP contribution in [0.4, 0.5) is 45.4 Å². The van der Waals surface area contributed by atoms with Gasteiger partial charge in [0.2, 0.25) is 17.8 Å². The monoisotopic (exact) mass is 830 g/mol. The molecule has 2 amide bonds. The second-order valence-electron chi connectivity index (χ2n) is 10.8. The number of nitrogens with zero attached hydrogens (tertiary/aromatic N) is 5. The van der Waals surface area contributed by atoms with Crippen LogP contribution in [0.1, 0.15) is 0 Å². The molecule has 0 unspecified atom stereocenters. The van der Waals surface area contributed by atoms with Crippen LogP contribution in [0.25, 0.3) is 10.8 Å². The van der Waals surface area contributed by atoms with E-state index in [0.717, 1.165) is 6.07 Å². The predicted octanol–water partition coefficient (Wildman–Crippen LogP) is 1.26. The number of urea groups is 1. The number of carbonyl (C=O) groups is 1. The zero-order valence-corrected chi connectivity index (χ0v) is 30.6. The van der Waals surface area contributed by atoms with Crippen LogP contribution in [0.2, 0.25) is 0 Å². The quantitative estimate of drug-likeness (QED) is 0.0340. The lowest BCUT2D eigenvalue weighted by molar-refractivity contribution is 0.0990. The number of rotatable bonds is 20. The molecule has 24 nitrogen and oxygen atoms in total. The van der Waals surface area contributed by atoms with Gasteiger partial charge in [-0.2, -0.15) is 40.2 Å². The van der Waals surface area contributed by atoms with E-state index in [1.54, 1.807) is 0 Å². The molecule has 4 aromatic rings. The van der Waals surface area contributed by atoms with Gasteiger partial charge in [0.05, 0.1) is 50.2 Å². The van der Waals surface area contributed by atoms with E-state index in [9.17, 15) is 43.7 Å². The molecule has 0 aliphatic heterocycles. The van der Waals surface area contributed by atoms with Crippen molar-refractivity contribution in [1.82, 2.24) is 15.0 Å². The highest BCUT2D eigenvalue weighted by atomic mass is 32.2. The first-order chi connectivity index (χ1) is 25.9. The Morgan fingerprint density at radius 3 is 1.78 bits per heavy atom. The van der Waals surface area contributed by atoms with Crippen LogP contribution in [0.15, 0.2) is 67.4 Å². The van der Waals surface area contributed by atoms with Crippen molar-refractivity contribution in [3.8, 4) is 0 Å². The number of hydrogen-bond donors (Lipinski definition) is 10. The number of fused-ring (bicyclic) bond motifs is 1. The number of aliphatic hydroxyl groups is 2. The fourth-order valence-corrected chi connectivity index (χ4v) is 6.52. The molecule has 0 spiro atoms. The van der Waals surface area contributed by atoms with Gasteiger partial charge in [0.1, 0.15) is 21.2 Å². The van der Waals surface area contributed by atoms with Crippen LogP contribution >= 0.6 is 0 Å². The van der Waals surface area contributed by atoms with E-state index in [4.69, 9.17) is 25.4 Å². The number of azo groups is 1. The summed E-state index contributed by atoms with van der Waals surface area (Å²) in [6.45, 7) is 0.885. The van der Waals surface area contributed by atoms with E-state index in [0.29, 0.717) is 18.2 Å². The van der Waals surface area contributed by atoms with E-state index in [1.807, 2.05) is 0 Å². The molecule has 0 radical (unpaired) electrons. The maximum atomic E-state index is 12.3. The summed E-state index contributed by atoms with van der Waals surface area (Å²) in [6.07, 6.45) is 0. The molecule has 1 heterocycles. The Balaban J connectivity index is 1.73. The molecule has 27 heteroatoms. The molecular weight excluding hydrogens is 797 g/mol. The highest BCUT2D eigenvalue weighted by Gasteiger charge is 2.25. The van der Waals surface area contributed by atoms with Crippen LogP contribution in [-0.2, 0) is 39.8 Å². The minimum absolute atomic E-state index is 0.00675. The minimum atomic E-state index is -5.20. The number of amides is 2. The maximum absolute atomic E-state index is 12.3. The van der Waals surface area contributed by atoms with E-state index in [-0.39, 0.29) is 87.6 Å². The standard InChI is InChI=1S/C28H34N10O14S3/c29-25(41)33-21-13-17(32-28-35-26(30-3-7-51-9-5-39)34-27(36-28)31-4-8-52-10-6-40)1-2-20(21)37-38-22-15-19-16(12-24(22)55(48,49)50)11-18(53(42,43)44)14-23(19)54(45,46)47/h1-2,11-15,39-40H,3-10H2,(H3,29,33,41)(H,42,43,44)(H,45,46,47)(H,48,49,50)(H3,30,31,32,34,35,36). The Hall–Kier alpha value is -5.23. The summed E-state index contributed by atoms with van der Waals surface area (Å²) in [5.41, 5.74) is 4.62. The highest BCUT2D eigenvalue weighted by molar-refractivity contribution is 7.87. The Labute approximate surface area is 312 Å². The number of nitrogens with one attached hydrogen (secondary N) is 4. The Bertz CT molecular complexity index is 2370. The van der Waals surface area contributed by atoms with Crippen molar-refractivity contribution >= 4 is 87.8 Å². The summed E-state index contributed by atoms with van der Waals surface area (Å²) in [4.78, 5) is 21.7. The number of benzene rings is 3. The van der Waals surface area contributed by atoms with Gasteiger partial charge < -0.3 is 46.7 Å².